The van der Waals surface area contributed by atoms with Crippen molar-refractivity contribution in [2.75, 3.05) is 7.11 Å². The van der Waals surface area contributed by atoms with Gasteiger partial charge in [-0.2, -0.15) is 0 Å². The first-order chi connectivity index (χ1) is 15.4. The molecule has 1 aromatic carbocycles. The molecule has 4 rings (SSSR count). The highest BCUT2D eigenvalue weighted by Gasteiger charge is 2.12. The Balaban J connectivity index is 0.000000243. The molecule has 2 N–H and O–H groups in total. The summed E-state index contributed by atoms with van der Waals surface area (Å²) in [6.07, 6.45) is 6.34. The van der Waals surface area contributed by atoms with Crippen LogP contribution in [-0.4, -0.2) is 44.2 Å². The molecular formula is C21H16BClF2N4O3. The third-order valence-corrected chi connectivity index (χ3v) is 4.38. The van der Waals surface area contributed by atoms with E-state index in [2.05, 4.69) is 19.9 Å². The maximum atomic E-state index is 13.5. The van der Waals surface area contributed by atoms with Crippen molar-refractivity contribution < 1.29 is 23.6 Å². The zero-order chi connectivity index (χ0) is 23.1. The predicted octanol–water partition coefficient (Wildman–Crippen LogP) is 2.91. The topological polar surface area (TPSA) is 101 Å². The monoisotopic (exact) mass is 456 g/mol. The number of pyridine rings is 2. The van der Waals surface area contributed by atoms with E-state index in [0.717, 1.165) is 29.6 Å². The second kappa shape index (κ2) is 10.7. The molecule has 4 aromatic rings. The standard InChI is InChI=1S/C16H11ClFN3O.C5H5BFNO2/c1-22-16-6-15(20-9-21-16)14-5-11(17)2-3-13(14)10-4-12(18)8-19-7-10;7-5-1-4(6(9)10)2-8-3-5/h2-9H,1H3;1-3,9-10H. The van der Waals surface area contributed by atoms with Crippen LogP contribution < -0.4 is 10.2 Å². The Hall–Kier alpha value is -3.47. The van der Waals surface area contributed by atoms with Crippen LogP contribution in [0.25, 0.3) is 22.4 Å². The second-order valence-corrected chi connectivity index (χ2v) is 6.77. The van der Waals surface area contributed by atoms with E-state index in [1.165, 1.54) is 25.7 Å². The van der Waals surface area contributed by atoms with E-state index in [0.29, 0.717) is 22.2 Å². The Bertz CT molecular complexity index is 1220. The first-order valence-corrected chi connectivity index (χ1v) is 9.48. The molecule has 0 aliphatic rings. The van der Waals surface area contributed by atoms with Gasteiger partial charge in [0.15, 0.2) is 0 Å². The summed E-state index contributed by atoms with van der Waals surface area (Å²) >= 11 is 6.09. The Morgan fingerprint density at radius 3 is 2.22 bits per heavy atom. The van der Waals surface area contributed by atoms with Crippen molar-refractivity contribution >= 4 is 24.2 Å². The van der Waals surface area contributed by atoms with E-state index in [-0.39, 0.29) is 5.46 Å². The summed E-state index contributed by atoms with van der Waals surface area (Å²) in [6.45, 7) is 0. The Kier molecular flexibility index (Phi) is 7.77. The lowest BCUT2D eigenvalue weighted by molar-refractivity contribution is 0.397. The average Bonchev–Trinajstić information content (AvgIpc) is 2.79. The molecule has 0 radical (unpaired) electrons. The summed E-state index contributed by atoms with van der Waals surface area (Å²) in [5.41, 5.74) is 2.86. The van der Waals surface area contributed by atoms with Gasteiger partial charge < -0.3 is 14.8 Å². The molecule has 11 heteroatoms. The molecule has 3 heterocycles. The first-order valence-electron chi connectivity index (χ1n) is 9.11. The van der Waals surface area contributed by atoms with Gasteiger partial charge in [0.2, 0.25) is 5.88 Å². The number of ether oxygens (including phenoxy) is 1. The zero-order valence-corrected chi connectivity index (χ0v) is 17.4. The van der Waals surface area contributed by atoms with Crippen molar-refractivity contribution in [3.63, 3.8) is 0 Å². The van der Waals surface area contributed by atoms with Gasteiger partial charge in [0, 0.05) is 40.1 Å². The third kappa shape index (κ3) is 6.04. The highest BCUT2D eigenvalue weighted by molar-refractivity contribution is 6.58. The number of benzene rings is 1. The molecule has 32 heavy (non-hydrogen) atoms. The van der Waals surface area contributed by atoms with E-state index >= 15 is 0 Å². The van der Waals surface area contributed by atoms with Crippen LogP contribution in [0.2, 0.25) is 5.02 Å². The fraction of sp³-hybridized carbons (Fsp3) is 0.0476. The fourth-order valence-corrected chi connectivity index (χ4v) is 2.88. The molecule has 162 valence electrons. The van der Waals surface area contributed by atoms with Crippen molar-refractivity contribution in [1.82, 2.24) is 19.9 Å². The molecular weight excluding hydrogens is 441 g/mol. The molecule has 0 amide bonds. The Labute approximate surface area is 187 Å². The number of halogens is 3. The van der Waals surface area contributed by atoms with E-state index in [1.54, 1.807) is 24.4 Å². The molecule has 0 fully saturated rings. The first kappa shape index (κ1) is 23.2. The van der Waals surface area contributed by atoms with Gasteiger partial charge in [-0.05, 0) is 29.8 Å². The molecule has 0 saturated heterocycles. The highest BCUT2D eigenvalue weighted by Crippen LogP contribution is 2.33. The molecule has 3 aromatic heterocycles. The van der Waals surface area contributed by atoms with Crippen LogP contribution in [0.1, 0.15) is 0 Å². The maximum Gasteiger partial charge on any atom is 0.490 e. The predicted molar refractivity (Wildman–Crippen MR) is 116 cm³/mol. The van der Waals surface area contributed by atoms with Gasteiger partial charge in [-0.1, -0.05) is 17.7 Å². The highest BCUT2D eigenvalue weighted by atomic mass is 35.5. The summed E-state index contributed by atoms with van der Waals surface area (Å²) in [4.78, 5) is 15.5. The smallest absolute Gasteiger partial charge is 0.481 e. The number of methoxy groups -OCH3 is 1. The van der Waals surface area contributed by atoms with Crippen molar-refractivity contribution in [3.05, 3.63) is 84.2 Å². The minimum absolute atomic E-state index is 0.0556. The lowest BCUT2D eigenvalue weighted by Crippen LogP contribution is -2.30. The van der Waals surface area contributed by atoms with E-state index in [4.69, 9.17) is 26.4 Å². The van der Waals surface area contributed by atoms with Crippen LogP contribution in [0.15, 0.2) is 67.5 Å². The van der Waals surface area contributed by atoms with Crippen molar-refractivity contribution in [1.29, 1.82) is 0 Å². The summed E-state index contributed by atoms with van der Waals surface area (Å²) in [6, 6.07) is 9.44. The van der Waals surface area contributed by atoms with Gasteiger partial charge in [-0.25, -0.2) is 18.7 Å². The molecule has 0 unspecified atom stereocenters. The lowest BCUT2D eigenvalue weighted by atomic mass is 9.82. The maximum absolute atomic E-state index is 13.5. The quantitative estimate of drug-likeness (QED) is 0.455. The molecule has 0 spiro atoms. The second-order valence-electron chi connectivity index (χ2n) is 6.34. The van der Waals surface area contributed by atoms with Crippen LogP contribution in [0.4, 0.5) is 8.78 Å². The molecule has 7 nitrogen and oxygen atoms in total. The van der Waals surface area contributed by atoms with Crippen LogP contribution in [-0.2, 0) is 0 Å². The molecule has 0 aliphatic carbocycles. The van der Waals surface area contributed by atoms with E-state index in [1.807, 2.05) is 6.07 Å². The van der Waals surface area contributed by atoms with Crippen LogP contribution in [0.5, 0.6) is 5.88 Å². The molecule has 0 atom stereocenters. The number of rotatable bonds is 4. The van der Waals surface area contributed by atoms with Gasteiger partial charge in [0.25, 0.3) is 0 Å². The molecule has 0 saturated carbocycles. The average molecular weight is 457 g/mol. The normalized spacial score (nSPS) is 10.2. The summed E-state index contributed by atoms with van der Waals surface area (Å²) < 4.78 is 30.8. The number of aromatic nitrogens is 4. The minimum Gasteiger partial charge on any atom is -0.481 e. The van der Waals surface area contributed by atoms with E-state index < -0.39 is 18.8 Å². The van der Waals surface area contributed by atoms with Gasteiger partial charge in [0.05, 0.1) is 25.2 Å². The summed E-state index contributed by atoms with van der Waals surface area (Å²) in [5.74, 6) is -0.544. The number of hydrogen-bond donors (Lipinski definition) is 2. The lowest BCUT2D eigenvalue weighted by Gasteiger charge is -2.10. The SMILES string of the molecule is COc1cc(-c2cc(Cl)ccc2-c2cncc(F)c2)ncn1.OB(O)c1cncc(F)c1. The zero-order valence-electron chi connectivity index (χ0n) is 16.7. The van der Waals surface area contributed by atoms with E-state index in [9.17, 15) is 8.78 Å². The molecule has 0 aliphatic heterocycles. The van der Waals surface area contributed by atoms with Crippen LogP contribution in [0, 0.1) is 11.6 Å². The minimum atomic E-state index is -1.65. The van der Waals surface area contributed by atoms with Gasteiger partial charge in [-0.15, -0.1) is 0 Å². The Morgan fingerprint density at radius 1 is 0.875 bits per heavy atom. The van der Waals surface area contributed by atoms with Crippen molar-refractivity contribution in [2.24, 2.45) is 0 Å². The number of nitrogens with zero attached hydrogens (tertiary/aromatic N) is 4. The van der Waals surface area contributed by atoms with Gasteiger partial charge in [0.1, 0.15) is 18.0 Å². The van der Waals surface area contributed by atoms with Gasteiger partial charge in [-0.3, -0.25) is 9.97 Å². The Morgan fingerprint density at radius 2 is 1.59 bits per heavy atom. The summed E-state index contributed by atoms with van der Waals surface area (Å²) in [5, 5.41) is 17.6. The van der Waals surface area contributed by atoms with Crippen LogP contribution >= 0.6 is 11.6 Å². The van der Waals surface area contributed by atoms with Crippen molar-refractivity contribution in [3.8, 4) is 28.3 Å². The van der Waals surface area contributed by atoms with Gasteiger partial charge >= 0.3 is 7.12 Å². The van der Waals surface area contributed by atoms with Crippen molar-refractivity contribution in [2.45, 2.75) is 0 Å². The number of hydrogen-bond acceptors (Lipinski definition) is 7. The largest absolute Gasteiger partial charge is 0.490 e. The fourth-order valence-electron chi connectivity index (χ4n) is 2.71. The summed E-state index contributed by atoms with van der Waals surface area (Å²) in [7, 11) is -0.121. The van der Waals surface area contributed by atoms with Crippen LogP contribution in [0.3, 0.4) is 0 Å². The third-order valence-electron chi connectivity index (χ3n) is 4.15. The molecule has 0 bridgehead atoms.